The molecule has 0 saturated heterocycles. The predicted molar refractivity (Wildman–Crippen MR) is 98.3 cm³/mol. The van der Waals surface area contributed by atoms with Crippen molar-refractivity contribution in [3.63, 3.8) is 0 Å². The Bertz CT molecular complexity index is 933. The van der Waals surface area contributed by atoms with E-state index in [-0.39, 0.29) is 23.8 Å². The Morgan fingerprint density at radius 2 is 1.73 bits per heavy atom. The average molecular weight is 349 g/mol. The molecule has 0 fully saturated rings. The second-order valence-corrected chi connectivity index (χ2v) is 7.28. The molecule has 0 bridgehead atoms. The summed E-state index contributed by atoms with van der Waals surface area (Å²) in [5.41, 5.74) is 3.18. The smallest absolute Gasteiger partial charge is 0.363 e. The van der Waals surface area contributed by atoms with Crippen LogP contribution in [0.25, 0.3) is 6.08 Å². The zero-order valence-electron chi connectivity index (χ0n) is 14.9. The minimum atomic E-state index is -0.461. The third kappa shape index (κ3) is 3.08. The number of fused-ring (bicyclic) bond motifs is 1. The van der Waals surface area contributed by atoms with E-state index in [9.17, 15) is 4.79 Å². The third-order valence-corrected chi connectivity index (χ3v) is 4.32. The van der Waals surface area contributed by atoms with E-state index >= 15 is 0 Å². The van der Waals surface area contributed by atoms with Gasteiger partial charge in [-0.2, -0.15) is 0 Å². The summed E-state index contributed by atoms with van der Waals surface area (Å²) < 4.78 is 16.0. The van der Waals surface area contributed by atoms with Gasteiger partial charge in [0.1, 0.15) is 0 Å². The van der Waals surface area contributed by atoms with Crippen LogP contribution in [-0.4, -0.2) is 18.7 Å². The van der Waals surface area contributed by atoms with Gasteiger partial charge in [0.2, 0.25) is 12.7 Å². The minimum absolute atomic E-state index is 0.0860. The van der Waals surface area contributed by atoms with Gasteiger partial charge in [-0.25, -0.2) is 9.79 Å². The first kappa shape index (κ1) is 16.4. The maximum Gasteiger partial charge on any atom is 0.363 e. The van der Waals surface area contributed by atoms with Crippen LogP contribution in [-0.2, 0) is 14.9 Å². The highest BCUT2D eigenvalue weighted by molar-refractivity contribution is 6.13. The molecule has 0 aliphatic carbocycles. The van der Waals surface area contributed by atoms with E-state index in [0.717, 1.165) is 5.56 Å². The van der Waals surface area contributed by atoms with Gasteiger partial charge in [-0.1, -0.05) is 45.0 Å². The normalized spacial score (nSPS) is 17.4. The molecule has 4 rings (SSSR count). The molecule has 2 heterocycles. The topological polar surface area (TPSA) is 57.1 Å². The molecular formula is C21H19NO4. The lowest BCUT2D eigenvalue weighted by Gasteiger charge is -2.18. The molecule has 0 N–H and O–H groups in total. The molecule has 132 valence electrons. The highest BCUT2D eigenvalue weighted by Crippen LogP contribution is 2.33. The van der Waals surface area contributed by atoms with Gasteiger partial charge < -0.3 is 14.2 Å². The Hall–Kier alpha value is -3.08. The quantitative estimate of drug-likeness (QED) is 0.606. The van der Waals surface area contributed by atoms with Crippen molar-refractivity contribution < 1.29 is 19.0 Å². The number of ether oxygens (including phenoxy) is 3. The maximum absolute atomic E-state index is 12.2. The van der Waals surface area contributed by atoms with Gasteiger partial charge in [-0.15, -0.1) is 0 Å². The van der Waals surface area contributed by atoms with Gasteiger partial charge in [-0.05, 0) is 40.8 Å². The first-order valence-electron chi connectivity index (χ1n) is 8.43. The first-order chi connectivity index (χ1) is 12.4. The molecule has 2 aromatic carbocycles. The maximum atomic E-state index is 12.2. The summed E-state index contributed by atoms with van der Waals surface area (Å²) in [6.45, 7) is 6.69. The van der Waals surface area contributed by atoms with Crippen molar-refractivity contribution in [1.82, 2.24) is 0 Å². The fourth-order valence-corrected chi connectivity index (χ4v) is 2.80. The van der Waals surface area contributed by atoms with Crippen molar-refractivity contribution in [3.8, 4) is 11.5 Å². The minimum Gasteiger partial charge on any atom is -0.454 e. The Morgan fingerprint density at radius 1 is 1.00 bits per heavy atom. The average Bonchev–Trinajstić information content (AvgIpc) is 3.21. The summed E-state index contributed by atoms with van der Waals surface area (Å²) in [7, 11) is 0. The van der Waals surface area contributed by atoms with E-state index in [2.05, 4.69) is 37.9 Å². The molecule has 2 aliphatic rings. The molecule has 0 unspecified atom stereocenters. The van der Waals surface area contributed by atoms with Gasteiger partial charge >= 0.3 is 5.97 Å². The standard InChI is InChI=1S/C21H19NO4/c1-21(2,3)15-7-4-13(5-8-15)10-16-20(23)26-19(22-16)14-6-9-17-18(11-14)25-12-24-17/h4-11H,12H2,1-3H3/b16-10+. The summed E-state index contributed by atoms with van der Waals surface area (Å²) in [6.07, 6.45) is 1.73. The van der Waals surface area contributed by atoms with Crippen LogP contribution in [0.15, 0.2) is 53.2 Å². The van der Waals surface area contributed by atoms with Gasteiger partial charge in [0.15, 0.2) is 17.2 Å². The van der Waals surface area contributed by atoms with E-state index < -0.39 is 5.97 Å². The molecule has 2 aliphatic heterocycles. The second kappa shape index (κ2) is 6.02. The Morgan fingerprint density at radius 3 is 2.46 bits per heavy atom. The van der Waals surface area contributed by atoms with E-state index in [1.807, 2.05) is 12.1 Å². The highest BCUT2D eigenvalue weighted by atomic mass is 16.7. The summed E-state index contributed by atoms with van der Waals surface area (Å²) in [4.78, 5) is 16.5. The van der Waals surface area contributed by atoms with Gasteiger partial charge in [0.25, 0.3) is 0 Å². The highest BCUT2D eigenvalue weighted by Gasteiger charge is 2.26. The van der Waals surface area contributed by atoms with Gasteiger partial charge in [0.05, 0.1) is 0 Å². The lowest BCUT2D eigenvalue weighted by atomic mass is 9.87. The largest absolute Gasteiger partial charge is 0.454 e. The van der Waals surface area contributed by atoms with Crippen LogP contribution in [0.4, 0.5) is 0 Å². The molecule has 0 aromatic heterocycles. The SMILES string of the molecule is CC(C)(C)c1ccc(/C=C2/N=C(c3ccc4c(c3)OCO4)OC2=O)cc1. The number of aliphatic imine (C=N–C) groups is 1. The number of nitrogens with zero attached hydrogens (tertiary/aromatic N) is 1. The number of esters is 1. The summed E-state index contributed by atoms with van der Waals surface area (Å²) in [5, 5.41) is 0. The molecule has 0 atom stereocenters. The first-order valence-corrected chi connectivity index (χ1v) is 8.43. The monoisotopic (exact) mass is 349 g/mol. The van der Waals surface area contributed by atoms with Gasteiger partial charge in [0, 0.05) is 5.56 Å². The molecule has 26 heavy (non-hydrogen) atoms. The van der Waals surface area contributed by atoms with Crippen LogP contribution >= 0.6 is 0 Å². The molecule has 0 spiro atoms. The van der Waals surface area contributed by atoms with Crippen LogP contribution in [0.1, 0.15) is 37.5 Å². The van der Waals surface area contributed by atoms with Crippen LogP contribution in [0, 0.1) is 0 Å². The van der Waals surface area contributed by atoms with Crippen molar-refractivity contribution in [2.75, 3.05) is 6.79 Å². The van der Waals surface area contributed by atoms with E-state index in [4.69, 9.17) is 14.2 Å². The van der Waals surface area contributed by atoms with E-state index in [0.29, 0.717) is 17.1 Å². The number of carbonyl (C=O) groups is 1. The molecular weight excluding hydrogens is 330 g/mol. The number of cyclic esters (lactones) is 1. The van der Waals surface area contributed by atoms with E-state index in [1.54, 1.807) is 24.3 Å². The zero-order valence-corrected chi connectivity index (χ0v) is 14.9. The summed E-state index contributed by atoms with van der Waals surface area (Å²) >= 11 is 0. The summed E-state index contributed by atoms with van der Waals surface area (Å²) in [5.74, 6) is 1.10. The Kier molecular flexibility index (Phi) is 3.80. The van der Waals surface area contributed by atoms with Crippen LogP contribution in [0.3, 0.4) is 0 Å². The Labute approximate surface area is 151 Å². The molecule has 5 nitrogen and oxygen atoms in total. The van der Waals surface area contributed by atoms with Crippen molar-refractivity contribution in [1.29, 1.82) is 0 Å². The lowest BCUT2D eigenvalue weighted by Crippen LogP contribution is -2.10. The molecule has 5 heteroatoms. The third-order valence-electron chi connectivity index (χ3n) is 4.32. The number of hydrogen-bond acceptors (Lipinski definition) is 5. The zero-order chi connectivity index (χ0) is 18.3. The van der Waals surface area contributed by atoms with Crippen molar-refractivity contribution in [2.24, 2.45) is 4.99 Å². The molecule has 0 radical (unpaired) electrons. The van der Waals surface area contributed by atoms with Gasteiger partial charge in [-0.3, -0.25) is 0 Å². The van der Waals surface area contributed by atoms with Crippen LogP contribution < -0.4 is 9.47 Å². The molecule has 2 aromatic rings. The lowest BCUT2D eigenvalue weighted by molar-refractivity contribution is -0.129. The van der Waals surface area contributed by atoms with Crippen LogP contribution in [0.2, 0.25) is 0 Å². The predicted octanol–water partition coefficient (Wildman–Crippen LogP) is 4.06. The molecule has 0 saturated carbocycles. The number of hydrogen-bond donors (Lipinski definition) is 0. The molecule has 0 amide bonds. The van der Waals surface area contributed by atoms with Crippen molar-refractivity contribution in [2.45, 2.75) is 26.2 Å². The van der Waals surface area contributed by atoms with Crippen molar-refractivity contribution in [3.05, 3.63) is 64.9 Å². The fourth-order valence-electron chi connectivity index (χ4n) is 2.80. The van der Waals surface area contributed by atoms with Crippen LogP contribution in [0.5, 0.6) is 11.5 Å². The van der Waals surface area contributed by atoms with Crippen molar-refractivity contribution >= 4 is 17.9 Å². The second-order valence-electron chi connectivity index (χ2n) is 7.28. The van der Waals surface area contributed by atoms with E-state index in [1.165, 1.54) is 5.56 Å². The number of rotatable bonds is 2. The number of benzene rings is 2. The fraction of sp³-hybridized carbons (Fsp3) is 0.238. The number of carbonyl (C=O) groups excluding carboxylic acids is 1. The Balaban J connectivity index is 1.61. The summed E-state index contributed by atoms with van der Waals surface area (Å²) in [6, 6.07) is 13.4.